The van der Waals surface area contributed by atoms with Crippen LogP contribution < -0.4 is 5.32 Å². The van der Waals surface area contributed by atoms with Gasteiger partial charge in [0.25, 0.3) is 5.69 Å². The Morgan fingerprint density at radius 3 is 2.63 bits per heavy atom. The van der Waals surface area contributed by atoms with Crippen LogP contribution in [0.1, 0.15) is 19.3 Å². The van der Waals surface area contributed by atoms with Crippen molar-refractivity contribution in [2.24, 2.45) is 0 Å². The zero-order valence-corrected chi connectivity index (χ0v) is 11.3. The van der Waals surface area contributed by atoms with Crippen molar-refractivity contribution < 1.29 is 19.6 Å². The Balaban J connectivity index is 2.65. The first-order valence-corrected chi connectivity index (χ1v) is 6.15. The summed E-state index contributed by atoms with van der Waals surface area (Å²) in [6.45, 7) is 0. The molecule has 7 nitrogen and oxygen atoms in total. The van der Waals surface area contributed by atoms with Crippen molar-refractivity contribution in [3.05, 3.63) is 32.8 Å². The van der Waals surface area contributed by atoms with E-state index in [9.17, 15) is 19.7 Å². The summed E-state index contributed by atoms with van der Waals surface area (Å²) >= 11 is 3.17. The highest BCUT2D eigenvalue weighted by atomic mass is 79.9. The van der Waals surface area contributed by atoms with Crippen molar-refractivity contribution in [2.45, 2.75) is 19.3 Å². The van der Waals surface area contributed by atoms with Gasteiger partial charge in [0.1, 0.15) is 0 Å². The molecule has 1 rings (SSSR count). The molecule has 0 aliphatic heterocycles. The lowest BCUT2D eigenvalue weighted by Gasteiger charge is -2.06. The molecule has 0 atom stereocenters. The number of rotatable bonds is 6. The van der Waals surface area contributed by atoms with E-state index in [4.69, 9.17) is 5.11 Å². The molecule has 1 aromatic rings. The van der Waals surface area contributed by atoms with Crippen LogP contribution in [0.3, 0.4) is 0 Å². The van der Waals surface area contributed by atoms with Crippen LogP contribution in [0.2, 0.25) is 0 Å². The molecule has 0 fully saturated rings. The molecule has 0 heterocycles. The van der Waals surface area contributed by atoms with E-state index in [0.717, 1.165) is 0 Å². The van der Waals surface area contributed by atoms with Gasteiger partial charge in [0.05, 0.1) is 10.6 Å². The van der Waals surface area contributed by atoms with Gasteiger partial charge >= 0.3 is 5.97 Å². The number of carboxylic acid groups (broad SMARTS) is 1. The number of nitrogens with one attached hydrogen (secondary N) is 1. The molecule has 0 aliphatic rings. The van der Waals surface area contributed by atoms with Gasteiger partial charge in [0.2, 0.25) is 5.91 Å². The number of anilines is 1. The fraction of sp³-hybridized carbons (Fsp3) is 0.273. The fourth-order valence-corrected chi connectivity index (χ4v) is 1.68. The van der Waals surface area contributed by atoms with Crippen LogP contribution in [-0.4, -0.2) is 21.9 Å². The fourth-order valence-electron chi connectivity index (χ4n) is 1.34. The van der Waals surface area contributed by atoms with Crippen molar-refractivity contribution in [1.29, 1.82) is 0 Å². The third kappa shape index (κ3) is 5.04. The van der Waals surface area contributed by atoms with E-state index >= 15 is 0 Å². The number of aliphatic carboxylic acids is 1. The van der Waals surface area contributed by atoms with E-state index in [2.05, 4.69) is 21.2 Å². The summed E-state index contributed by atoms with van der Waals surface area (Å²) in [6, 6.07) is 4.01. The topological polar surface area (TPSA) is 110 Å². The Kier molecular flexibility index (Phi) is 5.43. The molecule has 1 aromatic carbocycles. The van der Waals surface area contributed by atoms with Gasteiger partial charge in [0, 0.05) is 29.4 Å². The highest BCUT2D eigenvalue weighted by molar-refractivity contribution is 9.10. The Morgan fingerprint density at radius 2 is 2.05 bits per heavy atom. The van der Waals surface area contributed by atoms with Crippen LogP contribution in [-0.2, 0) is 9.59 Å². The Hall–Kier alpha value is -1.96. The van der Waals surface area contributed by atoms with Crippen molar-refractivity contribution in [3.63, 3.8) is 0 Å². The third-order valence-electron chi connectivity index (χ3n) is 2.23. The maximum Gasteiger partial charge on any atom is 0.303 e. The molecule has 0 aliphatic carbocycles. The Morgan fingerprint density at radius 1 is 1.37 bits per heavy atom. The standard InChI is InChI=1S/C11H11BrN2O5/c12-8-5-4-7(14(18)19)6-9(8)13-10(15)2-1-3-11(16)17/h4-6H,1-3H2,(H,13,15)(H,16,17). The molecule has 19 heavy (non-hydrogen) atoms. The van der Waals surface area contributed by atoms with Crippen LogP contribution in [0.25, 0.3) is 0 Å². The lowest BCUT2D eigenvalue weighted by atomic mass is 10.2. The molecule has 0 bridgehead atoms. The average molecular weight is 331 g/mol. The van der Waals surface area contributed by atoms with Gasteiger partial charge in [0.15, 0.2) is 0 Å². The second-order valence-corrected chi connectivity index (χ2v) is 4.57. The number of nitro benzene ring substituents is 1. The van der Waals surface area contributed by atoms with Crippen LogP contribution >= 0.6 is 15.9 Å². The number of nitro groups is 1. The lowest BCUT2D eigenvalue weighted by Crippen LogP contribution is -2.12. The predicted molar refractivity (Wildman–Crippen MR) is 70.9 cm³/mol. The molecule has 0 saturated heterocycles. The third-order valence-corrected chi connectivity index (χ3v) is 2.92. The number of non-ortho nitro benzene ring substituents is 1. The van der Waals surface area contributed by atoms with E-state index in [1.54, 1.807) is 0 Å². The van der Waals surface area contributed by atoms with Crippen LogP contribution in [0.15, 0.2) is 22.7 Å². The molecule has 2 N–H and O–H groups in total. The van der Waals surface area contributed by atoms with Crippen molar-refractivity contribution in [3.8, 4) is 0 Å². The summed E-state index contributed by atoms with van der Waals surface area (Å²) in [5.41, 5.74) is 0.151. The monoisotopic (exact) mass is 330 g/mol. The SMILES string of the molecule is O=C(O)CCCC(=O)Nc1cc([N+](=O)[O-])ccc1Br. The van der Waals surface area contributed by atoms with Crippen molar-refractivity contribution in [1.82, 2.24) is 0 Å². The number of halogens is 1. The highest BCUT2D eigenvalue weighted by Crippen LogP contribution is 2.27. The lowest BCUT2D eigenvalue weighted by molar-refractivity contribution is -0.384. The van der Waals surface area contributed by atoms with Crippen LogP contribution in [0, 0.1) is 10.1 Å². The molecule has 0 spiro atoms. The van der Waals surface area contributed by atoms with E-state index in [0.29, 0.717) is 4.47 Å². The largest absolute Gasteiger partial charge is 0.481 e. The maximum absolute atomic E-state index is 11.5. The van der Waals surface area contributed by atoms with Gasteiger partial charge in [-0.25, -0.2) is 0 Å². The quantitative estimate of drug-likeness (QED) is 0.615. The number of nitrogens with zero attached hydrogens (tertiary/aromatic N) is 1. The summed E-state index contributed by atoms with van der Waals surface area (Å²) < 4.78 is 0.518. The van der Waals surface area contributed by atoms with Gasteiger partial charge < -0.3 is 10.4 Å². The first kappa shape index (κ1) is 15.1. The second kappa shape index (κ2) is 6.83. The predicted octanol–water partition coefficient (Wildman–Crippen LogP) is 2.55. The summed E-state index contributed by atoms with van der Waals surface area (Å²) in [5, 5.41) is 21.5. The van der Waals surface area contributed by atoms with Gasteiger partial charge in [-0.05, 0) is 28.4 Å². The summed E-state index contributed by atoms with van der Waals surface area (Å²) in [6.07, 6.45) is 0.165. The first-order valence-electron chi connectivity index (χ1n) is 5.35. The Bertz CT molecular complexity index is 518. The van der Waals surface area contributed by atoms with Gasteiger partial charge in [-0.3, -0.25) is 19.7 Å². The number of hydrogen-bond donors (Lipinski definition) is 2. The van der Waals surface area contributed by atoms with Crippen molar-refractivity contribution in [2.75, 3.05) is 5.32 Å². The maximum atomic E-state index is 11.5. The number of carbonyl (C=O) groups is 2. The minimum absolute atomic E-state index is 0.0431. The second-order valence-electron chi connectivity index (χ2n) is 3.72. The molecular formula is C11H11BrN2O5. The van der Waals surface area contributed by atoms with E-state index in [1.165, 1.54) is 18.2 Å². The normalized spacial score (nSPS) is 9.95. The van der Waals surface area contributed by atoms with Crippen LogP contribution in [0.5, 0.6) is 0 Å². The summed E-state index contributed by atoms with van der Waals surface area (Å²) in [4.78, 5) is 31.9. The van der Waals surface area contributed by atoms with Crippen LogP contribution in [0.4, 0.5) is 11.4 Å². The minimum atomic E-state index is -0.968. The molecule has 0 radical (unpaired) electrons. The zero-order chi connectivity index (χ0) is 14.4. The Labute approximate surface area is 116 Å². The minimum Gasteiger partial charge on any atom is -0.481 e. The zero-order valence-electron chi connectivity index (χ0n) is 9.76. The number of hydrogen-bond acceptors (Lipinski definition) is 4. The van der Waals surface area contributed by atoms with E-state index in [1.807, 2.05) is 0 Å². The average Bonchev–Trinajstić information content (AvgIpc) is 2.31. The molecule has 0 unspecified atom stereocenters. The number of benzene rings is 1. The number of amides is 1. The smallest absolute Gasteiger partial charge is 0.303 e. The van der Waals surface area contributed by atoms with E-state index < -0.39 is 10.9 Å². The molecule has 8 heteroatoms. The molecular weight excluding hydrogens is 320 g/mol. The number of carboxylic acids is 1. The van der Waals surface area contributed by atoms with Gasteiger partial charge in [-0.1, -0.05) is 0 Å². The van der Waals surface area contributed by atoms with Gasteiger partial charge in [-0.15, -0.1) is 0 Å². The highest BCUT2D eigenvalue weighted by Gasteiger charge is 2.12. The summed E-state index contributed by atoms with van der Waals surface area (Å²) in [7, 11) is 0. The molecule has 0 aromatic heterocycles. The van der Waals surface area contributed by atoms with E-state index in [-0.39, 0.29) is 36.5 Å². The molecule has 102 valence electrons. The van der Waals surface area contributed by atoms with Gasteiger partial charge in [-0.2, -0.15) is 0 Å². The molecule has 1 amide bonds. The number of carbonyl (C=O) groups excluding carboxylic acids is 1. The first-order chi connectivity index (χ1) is 8.90. The van der Waals surface area contributed by atoms with Crippen molar-refractivity contribution >= 4 is 39.2 Å². The molecule has 0 saturated carbocycles. The summed E-state index contributed by atoms with van der Waals surface area (Å²) in [5.74, 6) is -1.35.